The van der Waals surface area contributed by atoms with Crippen LogP contribution in [0.3, 0.4) is 0 Å². The molecule has 30 heavy (non-hydrogen) atoms. The van der Waals surface area contributed by atoms with Crippen LogP contribution in [0, 0.1) is 28.6 Å². The van der Waals surface area contributed by atoms with Crippen molar-refractivity contribution in [1.82, 2.24) is 24.4 Å². The van der Waals surface area contributed by atoms with Crippen molar-refractivity contribution in [3.8, 4) is 17.5 Å². The fourth-order valence-corrected chi connectivity index (χ4v) is 5.38. The van der Waals surface area contributed by atoms with Gasteiger partial charge in [0.25, 0.3) is 0 Å². The average Bonchev–Trinajstić information content (AvgIpc) is 3.28. The van der Waals surface area contributed by atoms with E-state index in [0.29, 0.717) is 6.54 Å². The predicted octanol–water partition coefficient (Wildman–Crippen LogP) is 2.83. The number of rotatable bonds is 3. The Morgan fingerprint density at radius 2 is 2.13 bits per heavy atom. The maximum absolute atomic E-state index is 13.5. The number of anilines is 1. The minimum Gasteiger partial charge on any atom is -0.311 e. The van der Waals surface area contributed by atoms with Gasteiger partial charge in [-0.1, -0.05) is 6.92 Å². The van der Waals surface area contributed by atoms with Crippen molar-refractivity contribution in [3.63, 3.8) is 0 Å². The molecule has 3 aromatic rings. The Balaban J connectivity index is 1.44. The molecule has 5 heterocycles. The molecule has 1 saturated carbocycles. The second-order valence-corrected chi connectivity index (χ2v) is 8.90. The first kappa shape index (κ1) is 17.6. The Morgan fingerprint density at radius 3 is 2.93 bits per heavy atom. The van der Waals surface area contributed by atoms with Crippen molar-refractivity contribution in [2.45, 2.75) is 45.6 Å². The summed E-state index contributed by atoms with van der Waals surface area (Å²) in [5.74, 6) is 2.03. The van der Waals surface area contributed by atoms with E-state index in [2.05, 4.69) is 25.9 Å². The average molecular weight is 401 g/mol. The van der Waals surface area contributed by atoms with Gasteiger partial charge in [-0.25, -0.2) is 4.52 Å². The Kier molecular flexibility index (Phi) is 3.61. The number of aryl methyl sites for hydroxylation is 1. The summed E-state index contributed by atoms with van der Waals surface area (Å²) in [5, 5.41) is 23.2. The van der Waals surface area contributed by atoms with Crippen LogP contribution in [-0.4, -0.2) is 36.8 Å². The van der Waals surface area contributed by atoms with Gasteiger partial charge in [0.15, 0.2) is 5.82 Å². The Morgan fingerprint density at radius 1 is 1.27 bits per heavy atom. The summed E-state index contributed by atoms with van der Waals surface area (Å²) in [6, 6.07) is 6.33. The van der Waals surface area contributed by atoms with E-state index in [-0.39, 0.29) is 17.7 Å². The van der Waals surface area contributed by atoms with E-state index in [0.717, 1.165) is 67.1 Å². The minimum absolute atomic E-state index is 0.00802. The molecular formula is C22H23N7O. The van der Waals surface area contributed by atoms with Crippen LogP contribution in [-0.2, 0) is 17.8 Å². The van der Waals surface area contributed by atoms with E-state index in [4.69, 9.17) is 0 Å². The molecule has 0 unspecified atom stereocenters. The fraction of sp³-hybridized carbons (Fsp3) is 0.500. The number of nitriles is 1. The zero-order chi connectivity index (χ0) is 20.5. The number of nitrogens with zero attached hydrogens (tertiary/aromatic N) is 7. The van der Waals surface area contributed by atoms with Crippen LogP contribution >= 0.6 is 0 Å². The molecular weight excluding hydrogens is 378 g/mol. The van der Waals surface area contributed by atoms with Crippen LogP contribution < -0.4 is 4.90 Å². The number of carbonyl (C=O) groups is 1. The normalized spacial score (nSPS) is 26.2. The molecule has 2 aliphatic heterocycles. The zero-order valence-electron chi connectivity index (χ0n) is 17.0. The molecule has 0 spiro atoms. The van der Waals surface area contributed by atoms with E-state index in [1.165, 1.54) is 0 Å². The highest BCUT2D eigenvalue weighted by Crippen LogP contribution is 2.54. The van der Waals surface area contributed by atoms with Crippen LogP contribution in [0.25, 0.3) is 16.9 Å². The molecule has 1 amide bonds. The van der Waals surface area contributed by atoms with Gasteiger partial charge >= 0.3 is 0 Å². The van der Waals surface area contributed by atoms with Crippen molar-refractivity contribution in [2.75, 3.05) is 11.4 Å². The van der Waals surface area contributed by atoms with E-state index in [9.17, 15) is 10.1 Å². The molecule has 6 rings (SSSR count). The van der Waals surface area contributed by atoms with Gasteiger partial charge in [0.2, 0.25) is 5.91 Å². The van der Waals surface area contributed by atoms with Gasteiger partial charge in [0, 0.05) is 43.4 Å². The molecule has 1 aliphatic carbocycles. The SMILES string of the molecule is C[C@@H]1CN(c2ccnn3cc(-c4nnc5n4CCCC5)cc23)C(=O)[C@]1(C#N)C1CC1. The molecule has 3 aliphatic rings. The summed E-state index contributed by atoms with van der Waals surface area (Å²) in [6.45, 7) is 3.52. The number of aromatic nitrogens is 5. The summed E-state index contributed by atoms with van der Waals surface area (Å²) in [6.07, 6.45) is 8.85. The molecule has 1 saturated heterocycles. The van der Waals surface area contributed by atoms with Gasteiger partial charge in [0.05, 0.1) is 17.3 Å². The summed E-state index contributed by atoms with van der Waals surface area (Å²) in [4.78, 5) is 15.3. The highest BCUT2D eigenvalue weighted by Gasteiger charge is 2.61. The van der Waals surface area contributed by atoms with Crippen molar-refractivity contribution >= 4 is 17.1 Å². The first-order valence-electron chi connectivity index (χ1n) is 10.8. The lowest BCUT2D eigenvalue weighted by atomic mass is 9.75. The van der Waals surface area contributed by atoms with Gasteiger partial charge in [0.1, 0.15) is 11.2 Å². The Labute approximate surface area is 174 Å². The lowest BCUT2D eigenvalue weighted by Crippen LogP contribution is -2.37. The standard InChI is InChI=1S/C22H23N7O/c1-14-11-28(21(30)22(14,13-23)16-5-6-16)17-7-8-24-29-12-15(10-18(17)29)20-26-25-19-4-2-3-9-27(19)20/h7-8,10,12,14,16H,2-6,9,11H2,1H3/t14-,22+/m1/s1. The third kappa shape index (κ3) is 2.26. The van der Waals surface area contributed by atoms with E-state index in [1.54, 1.807) is 15.6 Å². The fourth-order valence-electron chi connectivity index (χ4n) is 5.38. The quantitative estimate of drug-likeness (QED) is 0.673. The topological polar surface area (TPSA) is 92.1 Å². The summed E-state index contributed by atoms with van der Waals surface area (Å²) in [7, 11) is 0. The third-order valence-corrected chi connectivity index (χ3v) is 7.13. The first-order valence-corrected chi connectivity index (χ1v) is 10.8. The predicted molar refractivity (Wildman–Crippen MR) is 109 cm³/mol. The minimum atomic E-state index is -0.887. The molecule has 2 fully saturated rings. The largest absolute Gasteiger partial charge is 0.311 e. The molecule has 0 aromatic carbocycles. The van der Waals surface area contributed by atoms with Crippen molar-refractivity contribution in [1.29, 1.82) is 5.26 Å². The smallest absolute Gasteiger partial charge is 0.248 e. The molecule has 8 nitrogen and oxygen atoms in total. The lowest BCUT2D eigenvalue weighted by Gasteiger charge is -2.23. The maximum Gasteiger partial charge on any atom is 0.248 e. The molecule has 152 valence electrons. The summed E-state index contributed by atoms with van der Waals surface area (Å²) in [5.41, 5.74) is 1.72. The molecule has 2 atom stereocenters. The monoisotopic (exact) mass is 401 g/mol. The van der Waals surface area contributed by atoms with Crippen LogP contribution in [0.1, 0.15) is 38.4 Å². The number of hydrogen-bond donors (Lipinski definition) is 0. The lowest BCUT2D eigenvalue weighted by molar-refractivity contribution is -0.124. The second kappa shape index (κ2) is 6.14. The second-order valence-electron chi connectivity index (χ2n) is 8.90. The third-order valence-electron chi connectivity index (χ3n) is 7.13. The number of hydrogen-bond acceptors (Lipinski definition) is 5. The van der Waals surface area contributed by atoms with Crippen LogP contribution in [0.2, 0.25) is 0 Å². The van der Waals surface area contributed by atoms with Crippen molar-refractivity contribution in [2.24, 2.45) is 17.3 Å². The van der Waals surface area contributed by atoms with Gasteiger partial charge in [-0.2, -0.15) is 10.4 Å². The zero-order valence-corrected chi connectivity index (χ0v) is 17.0. The number of fused-ring (bicyclic) bond motifs is 2. The van der Waals surface area contributed by atoms with E-state index in [1.807, 2.05) is 25.3 Å². The van der Waals surface area contributed by atoms with Crippen LogP contribution in [0.5, 0.6) is 0 Å². The molecule has 0 bridgehead atoms. The molecule has 8 heteroatoms. The number of carbonyl (C=O) groups excluding carboxylic acids is 1. The van der Waals surface area contributed by atoms with Gasteiger partial charge < -0.3 is 9.47 Å². The maximum atomic E-state index is 13.5. The van der Waals surface area contributed by atoms with Gasteiger partial charge in [-0.05, 0) is 43.7 Å². The van der Waals surface area contributed by atoms with Crippen LogP contribution in [0.15, 0.2) is 24.5 Å². The van der Waals surface area contributed by atoms with E-state index >= 15 is 0 Å². The highest BCUT2D eigenvalue weighted by molar-refractivity contribution is 6.05. The Hall–Kier alpha value is -3.21. The van der Waals surface area contributed by atoms with Crippen molar-refractivity contribution < 1.29 is 4.79 Å². The van der Waals surface area contributed by atoms with Crippen molar-refractivity contribution in [3.05, 3.63) is 30.4 Å². The Bertz CT molecular complexity index is 1210. The highest BCUT2D eigenvalue weighted by atomic mass is 16.2. The van der Waals surface area contributed by atoms with Gasteiger partial charge in [-0.3, -0.25) is 4.79 Å². The number of amides is 1. The summed E-state index contributed by atoms with van der Waals surface area (Å²) < 4.78 is 3.99. The molecule has 0 N–H and O–H groups in total. The molecule has 3 aromatic heterocycles. The van der Waals surface area contributed by atoms with Crippen LogP contribution in [0.4, 0.5) is 5.69 Å². The first-order chi connectivity index (χ1) is 14.6. The summed E-state index contributed by atoms with van der Waals surface area (Å²) >= 11 is 0. The molecule has 0 radical (unpaired) electrons. The van der Waals surface area contributed by atoms with E-state index < -0.39 is 5.41 Å². The van der Waals surface area contributed by atoms with Gasteiger partial charge in [-0.15, -0.1) is 10.2 Å².